The summed E-state index contributed by atoms with van der Waals surface area (Å²) in [5, 5.41) is 0. The topological polar surface area (TPSA) is 32.3 Å². The molecule has 1 aliphatic rings. The summed E-state index contributed by atoms with van der Waals surface area (Å²) in [6, 6.07) is 0. The average molecular weight is 314 g/mol. The number of nitrogens with zero attached hydrogens (tertiary/aromatic N) is 4. The maximum absolute atomic E-state index is 4.47. The first kappa shape index (κ1) is 17.7. The minimum atomic E-state index is 0.594. The van der Waals surface area contributed by atoms with Crippen LogP contribution in [0.3, 0.4) is 0 Å². The molecule has 23 heavy (non-hydrogen) atoms. The van der Waals surface area contributed by atoms with E-state index in [1.165, 1.54) is 31.2 Å². The van der Waals surface area contributed by atoms with Crippen molar-refractivity contribution < 1.29 is 0 Å². The summed E-state index contributed by atoms with van der Waals surface area (Å²) >= 11 is 0. The normalized spacial score (nSPS) is 20.9. The minimum absolute atomic E-state index is 0.594. The van der Waals surface area contributed by atoms with Crippen LogP contribution in [0, 0.1) is 23.7 Å². The molecule has 0 atom stereocenters. The summed E-state index contributed by atoms with van der Waals surface area (Å²) in [7, 11) is 6.23. The maximum atomic E-state index is 4.47. The fourth-order valence-corrected chi connectivity index (χ4v) is 3.03. The van der Waals surface area contributed by atoms with E-state index in [0.717, 1.165) is 31.4 Å². The van der Waals surface area contributed by atoms with Gasteiger partial charge in [0.15, 0.2) is 0 Å². The highest BCUT2D eigenvalue weighted by Gasteiger charge is 2.21. The molecular weight excluding hydrogens is 284 g/mol. The molecule has 1 heterocycles. The van der Waals surface area contributed by atoms with Gasteiger partial charge < -0.3 is 4.90 Å². The van der Waals surface area contributed by atoms with Crippen LogP contribution in [0.2, 0.25) is 0 Å². The third-order valence-corrected chi connectivity index (χ3v) is 4.52. The van der Waals surface area contributed by atoms with E-state index in [1.807, 2.05) is 12.4 Å². The van der Waals surface area contributed by atoms with E-state index in [2.05, 4.69) is 59.7 Å². The van der Waals surface area contributed by atoms with Crippen LogP contribution < -0.4 is 4.90 Å². The Morgan fingerprint density at radius 2 is 1.74 bits per heavy atom. The van der Waals surface area contributed by atoms with Gasteiger partial charge in [-0.05, 0) is 57.7 Å². The summed E-state index contributed by atoms with van der Waals surface area (Å²) in [4.78, 5) is 13.3. The van der Waals surface area contributed by atoms with E-state index in [4.69, 9.17) is 0 Å². The van der Waals surface area contributed by atoms with E-state index in [1.54, 1.807) is 0 Å². The molecule has 0 N–H and O–H groups in total. The van der Waals surface area contributed by atoms with Crippen LogP contribution in [0.5, 0.6) is 0 Å². The number of aryl methyl sites for hydroxylation is 1. The van der Waals surface area contributed by atoms with Crippen molar-refractivity contribution in [2.45, 2.75) is 39.0 Å². The maximum Gasteiger partial charge on any atom is 0.224 e. The molecule has 0 aromatic carbocycles. The van der Waals surface area contributed by atoms with Gasteiger partial charge in [0.1, 0.15) is 0 Å². The fraction of sp³-hybridized carbons (Fsp3) is 0.684. The number of hydrogen-bond acceptors (Lipinski definition) is 4. The average Bonchev–Trinajstić information content (AvgIpc) is 2.56. The van der Waals surface area contributed by atoms with Crippen molar-refractivity contribution in [3.8, 4) is 11.8 Å². The molecule has 1 aromatic rings. The zero-order valence-electron chi connectivity index (χ0n) is 15.0. The second-order valence-electron chi connectivity index (χ2n) is 6.90. The Morgan fingerprint density at radius 1 is 1.09 bits per heavy atom. The summed E-state index contributed by atoms with van der Waals surface area (Å²) in [5.74, 6) is 8.91. The molecule has 0 aliphatic heterocycles. The van der Waals surface area contributed by atoms with Gasteiger partial charge in [0.25, 0.3) is 0 Å². The van der Waals surface area contributed by atoms with Crippen LogP contribution in [0.15, 0.2) is 12.4 Å². The summed E-state index contributed by atoms with van der Waals surface area (Å²) in [6.07, 6.45) is 9.86. The lowest BCUT2D eigenvalue weighted by atomic mass is 9.82. The molecule has 126 valence electrons. The van der Waals surface area contributed by atoms with Gasteiger partial charge in [-0.2, -0.15) is 0 Å². The predicted molar refractivity (Wildman–Crippen MR) is 96.5 cm³/mol. The standard InChI is InChI=1S/C19H30N4/c1-5-16-13-20-19(21-14-16)23(4)15-18-10-8-17(9-11-18)7-6-12-22(2)3/h13-14,17-18H,5,8-12,15H2,1-4H3. The first-order valence-corrected chi connectivity index (χ1v) is 8.73. The van der Waals surface area contributed by atoms with Gasteiger partial charge in [-0.1, -0.05) is 18.8 Å². The zero-order valence-corrected chi connectivity index (χ0v) is 15.0. The molecule has 1 aliphatic carbocycles. The third kappa shape index (κ3) is 5.84. The van der Waals surface area contributed by atoms with Gasteiger partial charge in [0.2, 0.25) is 5.95 Å². The summed E-state index contributed by atoms with van der Waals surface area (Å²) < 4.78 is 0. The van der Waals surface area contributed by atoms with Crippen molar-refractivity contribution in [2.24, 2.45) is 11.8 Å². The van der Waals surface area contributed by atoms with E-state index >= 15 is 0 Å². The Bertz CT molecular complexity index is 519. The fourth-order valence-electron chi connectivity index (χ4n) is 3.03. The van der Waals surface area contributed by atoms with Crippen LogP contribution in [0.4, 0.5) is 5.95 Å². The van der Waals surface area contributed by atoms with E-state index in [0.29, 0.717) is 5.92 Å². The quantitative estimate of drug-likeness (QED) is 0.782. The smallest absolute Gasteiger partial charge is 0.224 e. The Morgan fingerprint density at radius 3 is 2.30 bits per heavy atom. The predicted octanol–water partition coefficient (Wildman–Crippen LogP) is 2.85. The highest BCUT2D eigenvalue weighted by molar-refractivity contribution is 5.28. The number of hydrogen-bond donors (Lipinski definition) is 0. The minimum Gasteiger partial charge on any atom is -0.344 e. The van der Waals surface area contributed by atoms with Crippen molar-refractivity contribution in [1.29, 1.82) is 0 Å². The first-order chi connectivity index (χ1) is 11.1. The van der Waals surface area contributed by atoms with E-state index < -0.39 is 0 Å². The number of anilines is 1. The largest absolute Gasteiger partial charge is 0.344 e. The highest BCUT2D eigenvalue weighted by atomic mass is 15.2. The van der Waals surface area contributed by atoms with E-state index in [-0.39, 0.29) is 0 Å². The molecule has 0 bridgehead atoms. The Balaban J connectivity index is 1.77. The second kappa shape index (κ2) is 8.88. The van der Waals surface area contributed by atoms with Crippen molar-refractivity contribution in [3.63, 3.8) is 0 Å². The molecule has 4 nitrogen and oxygen atoms in total. The van der Waals surface area contributed by atoms with Crippen LogP contribution in [0.25, 0.3) is 0 Å². The molecule has 2 rings (SSSR count). The van der Waals surface area contributed by atoms with Gasteiger partial charge in [0, 0.05) is 31.9 Å². The lowest BCUT2D eigenvalue weighted by molar-refractivity contribution is 0.319. The highest BCUT2D eigenvalue weighted by Crippen LogP contribution is 2.29. The van der Waals surface area contributed by atoms with Crippen molar-refractivity contribution in [3.05, 3.63) is 18.0 Å². The van der Waals surface area contributed by atoms with Crippen molar-refractivity contribution in [1.82, 2.24) is 14.9 Å². The molecule has 0 unspecified atom stereocenters. The van der Waals surface area contributed by atoms with Gasteiger partial charge in [-0.25, -0.2) is 9.97 Å². The molecule has 0 spiro atoms. The SMILES string of the molecule is CCc1cnc(N(C)CC2CCC(C#CCN(C)C)CC2)nc1. The van der Waals surface area contributed by atoms with Crippen LogP contribution >= 0.6 is 0 Å². The van der Waals surface area contributed by atoms with Gasteiger partial charge in [-0.3, -0.25) is 4.90 Å². The number of rotatable bonds is 5. The molecule has 0 radical (unpaired) electrons. The lowest BCUT2D eigenvalue weighted by Gasteiger charge is -2.29. The Kier molecular flexibility index (Phi) is 6.85. The summed E-state index contributed by atoms with van der Waals surface area (Å²) in [6.45, 7) is 4.04. The van der Waals surface area contributed by atoms with E-state index in [9.17, 15) is 0 Å². The van der Waals surface area contributed by atoms with Crippen LogP contribution in [-0.4, -0.2) is 49.1 Å². The van der Waals surface area contributed by atoms with Gasteiger partial charge in [-0.15, -0.1) is 0 Å². The molecule has 1 saturated carbocycles. The molecule has 4 heteroatoms. The monoisotopic (exact) mass is 314 g/mol. The second-order valence-corrected chi connectivity index (χ2v) is 6.90. The van der Waals surface area contributed by atoms with Gasteiger partial charge >= 0.3 is 0 Å². The van der Waals surface area contributed by atoms with Crippen LogP contribution in [0.1, 0.15) is 38.2 Å². The molecule has 1 fully saturated rings. The van der Waals surface area contributed by atoms with Crippen molar-refractivity contribution >= 4 is 5.95 Å². The number of aromatic nitrogens is 2. The zero-order chi connectivity index (χ0) is 16.7. The molecule has 0 amide bonds. The molecular formula is C19H30N4. The van der Waals surface area contributed by atoms with Crippen LogP contribution in [-0.2, 0) is 6.42 Å². The molecule has 1 aromatic heterocycles. The summed E-state index contributed by atoms with van der Waals surface area (Å²) in [5.41, 5.74) is 1.19. The third-order valence-electron chi connectivity index (χ3n) is 4.52. The lowest BCUT2D eigenvalue weighted by Crippen LogP contribution is -2.29. The van der Waals surface area contributed by atoms with Crippen molar-refractivity contribution in [2.75, 3.05) is 39.1 Å². The van der Waals surface area contributed by atoms with Gasteiger partial charge in [0.05, 0.1) is 6.54 Å². The Labute approximate surface area is 141 Å². The Hall–Kier alpha value is -1.60. The first-order valence-electron chi connectivity index (χ1n) is 8.73. The molecule has 0 saturated heterocycles.